The molecule has 4 heteroatoms. The van der Waals surface area contributed by atoms with E-state index in [0.29, 0.717) is 0 Å². The average molecular weight is 299 g/mol. The lowest BCUT2D eigenvalue weighted by atomic mass is 9.99. The summed E-state index contributed by atoms with van der Waals surface area (Å²) >= 11 is 3.50. The summed E-state index contributed by atoms with van der Waals surface area (Å²) in [6, 6.07) is 8.33. The molecule has 0 aromatic heterocycles. The maximum absolute atomic E-state index is 9.63. The molecule has 0 bridgehead atoms. The van der Waals surface area contributed by atoms with Crippen LogP contribution >= 0.6 is 15.9 Å². The number of hydrogen-bond acceptors (Lipinski definition) is 3. The molecule has 0 radical (unpaired) electrons. The number of aliphatic hydroxyl groups is 1. The van der Waals surface area contributed by atoms with E-state index in [1.807, 2.05) is 26.2 Å². The van der Waals surface area contributed by atoms with E-state index < -0.39 is 0 Å². The first kappa shape index (κ1) is 12.9. The topological polar surface area (TPSA) is 26.7 Å². The van der Waals surface area contributed by atoms with Crippen molar-refractivity contribution < 1.29 is 5.11 Å². The Morgan fingerprint density at radius 1 is 1.47 bits per heavy atom. The zero-order valence-electron chi connectivity index (χ0n) is 10.4. The first-order valence-corrected chi connectivity index (χ1v) is 6.65. The highest BCUT2D eigenvalue weighted by atomic mass is 79.9. The first-order valence-electron chi connectivity index (χ1n) is 5.86. The molecule has 1 fully saturated rings. The normalized spacial score (nSPS) is 24.6. The molecule has 1 aliphatic heterocycles. The number of nitrogens with zero attached hydrogens (tertiary/aromatic N) is 2. The van der Waals surface area contributed by atoms with Crippen molar-refractivity contribution in [2.75, 3.05) is 38.7 Å². The maximum Gasteiger partial charge on any atom is 0.0633 e. The molecule has 94 valence electrons. The second kappa shape index (κ2) is 4.96. The average Bonchev–Trinajstić information content (AvgIpc) is 2.74. The summed E-state index contributed by atoms with van der Waals surface area (Å²) in [5.41, 5.74) is 1.12. The molecule has 2 rings (SSSR count). The lowest BCUT2D eigenvalue weighted by Gasteiger charge is -2.34. The zero-order chi connectivity index (χ0) is 12.5. The van der Waals surface area contributed by atoms with Crippen LogP contribution < -0.4 is 4.90 Å². The standard InChI is InChI=1S/C13H19BrN2O/c1-15(2)13(10-17)6-7-16(9-13)12-5-3-4-11(14)8-12/h3-5,8,17H,6-7,9-10H2,1-2H3. The molecule has 1 aromatic rings. The number of rotatable bonds is 3. The van der Waals surface area contributed by atoms with Crippen LogP contribution in [0.25, 0.3) is 0 Å². The van der Waals surface area contributed by atoms with E-state index in [1.165, 1.54) is 5.69 Å². The van der Waals surface area contributed by atoms with Crippen molar-refractivity contribution in [3.05, 3.63) is 28.7 Å². The van der Waals surface area contributed by atoms with Crippen LogP contribution in [0.2, 0.25) is 0 Å². The van der Waals surface area contributed by atoms with E-state index in [2.05, 4.69) is 37.9 Å². The van der Waals surface area contributed by atoms with Crippen molar-refractivity contribution in [2.24, 2.45) is 0 Å². The Kier molecular flexibility index (Phi) is 3.76. The Labute approximate surface area is 111 Å². The highest BCUT2D eigenvalue weighted by Crippen LogP contribution is 2.30. The second-order valence-electron chi connectivity index (χ2n) is 4.93. The lowest BCUT2D eigenvalue weighted by Crippen LogP contribution is -2.49. The third kappa shape index (κ3) is 2.49. The van der Waals surface area contributed by atoms with E-state index in [-0.39, 0.29) is 12.1 Å². The molecule has 0 aliphatic carbocycles. The van der Waals surface area contributed by atoms with Gasteiger partial charge in [-0.15, -0.1) is 0 Å². The number of halogens is 1. The van der Waals surface area contributed by atoms with E-state index in [9.17, 15) is 5.11 Å². The molecule has 0 amide bonds. The van der Waals surface area contributed by atoms with Gasteiger partial charge in [-0.2, -0.15) is 0 Å². The highest BCUT2D eigenvalue weighted by molar-refractivity contribution is 9.10. The summed E-state index contributed by atoms with van der Waals surface area (Å²) in [4.78, 5) is 4.48. The van der Waals surface area contributed by atoms with Gasteiger partial charge in [-0.05, 0) is 38.7 Å². The molecule has 1 aliphatic rings. The smallest absolute Gasteiger partial charge is 0.0633 e. The summed E-state index contributed by atoms with van der Waals surface area (Å²) in [6.07, 6.45) is 1.00. The Hall–Kier alpha value is -0.580. The van der Waals surface area contributed by atoms with Crippen LogP contribution in [0, 0.1) is 0 Å². The fraction of sp³-hybridized carbons (Fsp3) is 0.538. The van der Waals surface area contributed by atoms with Crippen LogP contribution in [0.5, 0.6) is 0 Å². The summed E-state index contributed by atoms with van der Waals surface area (Å²) in [6.45, 7) is 2.09. The third-order valence-corrected chi connectivity index (χ3v) is 4.24. The first-order chi connectivity index (χ1) is 8.07. The minimum absolute atomic E-state index is 0.0949. The van der Waals surface area contributed by atoms with Crippen molar-refractivity contribution in [2.45, 2.75) is 12.0 Å². The molecule has 1 atom stereocenters. The number of likely N-dealkylation sites (N-methyl/N-ethyl adjacent to an activating group) is 1. The highest BCUT2D eigenvalue weighted by Gasteiger charge is 2.39. The minimum atomic E-state index is -0.0949. The van der Waals surface area contributed by atoms with Gasteiger partial charge in [0.15, 0.2) is 0 Å². The summed E-state index contributed by atoms with van der Waals surface area (Å²) in [5.74, 6) is 0. The summed E-state index contributed by atoms with van der Waals surface area (Å²) in [7, 11) is 4.08. The van der Waals surface area contributed by atoms with Crippen molar-refractivity contribution in [3.8, 4) is 0 Å². The summed E-state index contributed by atoms with van der Waals surface area (Å²) < 4.78 is 1.10. The van der Waals surface area contributed by atoms with Gasteiger partial charge in [-0.1, -0.05) is 22.0 Å². The van der Waals surface area contributed by atoms with E-state index in [0.717, 1.165) is 24.0 Å². The second-order valence-corrected chi connectivity index (χ2v) is 5.84. The molecule has 1 saturated heterocycles. The largest absolute Gasteiger partial charge is 0.394 e. The molecule has 3 nitrogen and oxygen atoms in total. The molecule has 1 unspecified atom stereocenters. The molecule has 0 saturated carbocycles. The van der Waals surface area contributed by atoms with Gasteiger partial charge in [0, 0.05) is 23.2 Å². The van der Waals surface area contributed by atoms with Gasteiger partial charge in [0.25, 0.3) is 0 Å². The Balaban J connectivity index is 2.17. The lowest BCUT2D eigenvalue weighted by molar-refractivity contribution is 0.0867. The molecule has 17 heavy (non-hydrogen) atoms. The number of benzene rings is 1. The predicted octanol–water partition coefficient (Wildman–Crippen LogP) is 1.95. The molecule has 0 spiro atoms. The number of anilines is 1. The molecular formula is C13H19BrN2O. The Morgan fingerprint density at radius 2 is 2.24 bits per heavy atom. The third-order valence-electron chi connectivity index (χ3n) is 3.75. The van der Waals surface area contributed by atoms with E-state index >= 15 is 0 Å². The SMILES string of the molecule is CN(C)C1(CO)CCN(c2cccc(Br)c2)C1. The van der Waals surface area contributed by atoms with Gasteiger partial charge in [-0.25, -0.2) is 0 Å². The molecule has 1 aromatic carbocycles. The molecular weight excluding hydrogens is 280 g/mol. The van der Waals surface area contributed by atoms with Crippen LogP contribution in [-0.2, 0) is 0 Å². The fourth-order valence-corrected chi connectivity index (χ4v) is 2.77. The minimum Gasteiger partial charge on any atom is -0.394 e. The van der Waals surface area contributed by atoms with Crippen molar-refractivity contribution >= 4 is 21.6 Å². The summed E-state index contributed by atoms with van der Waals surface area (Å²) in [5, 5.41) is 9.63. The van der Waals surface area contributed by atoms with Crippen LogP contribution in [0.4, 0.5) is 5.69 Å². The van der Waals surface area contributed by atoms with Crippen LogP contribution in [0.15, 0.2) is 28.7 Å². The van der Waals surface area contributed by atoms with E-state index in [1.54, 1.807) is 0 Å². The molecule has 1 N–H and O–H groups in total. The van der Waals surface area contributed by atoms with Gasteiger partial charge in [0.05, 0.1) is 12.1 Å². The van der Waals surface area contributed by atoms with Gasteiger partial charge < -0.3 is 10.0 Å². The van der Waals surface area contributed by atoms with Crippen molar-refractivity contribution in [1.29, 1.82) is 0 Å². The van der Waals surface area contributed by atoms with Crippen LogP contribution in [-0.4, -0.2) is 49.3 Å². The van der Waals surface area contributed by atoms with Crippen molar-refractivity contribution in [3.63, 3.8) is 0 Å². The zero-order valence-corrected chi connectivity index (χ0v) is 11.9. The monoisotopic (exact) mass is 298 g/mol. The van der Waals surface area contributed by atoms with Gasteiger partial charge in [-0.3, -0.25) is 4.90 Å². The number of aliphatic hydroxyl groups excluding tert-OH is 1. The van der Waals surface area contributed by atoms with Gasteiger partial charge >= 0.3 is 0 Å². The van der Waals surface area contributed by atoms with Crippen molar-refractivity contribution in [1.82, 2.24) is 4.90 Å². The van der Waals surface area contributed by atoms with Gasteiger partial charge in [0.1, 0.15) is 0 Å². The predicted molar refractivity (Wildman–Crippen MR) is 74.5 cm³/mol. The van der Waals surface area contributed by atoms with Crippen LogP contribution in [0.1, 0.15) is 6.42 Å². The Bertz CT molecular complexity index is 397. The maximum atomic E-state index is 9.63. The molecule has 1 heterocycles. The van der Waals surface area contributed by atoms with E-state index in [4.69, 9.17) is 0 Å². The quantitative estimate of drug-likeness (QED) is 0.924. The van der Waals surface area contributed by atoms with Crippen LogP contribution in [0.3, 0.4) is 0 Å². The van der Waals surface area contributed by atoms with Gasteiger partial charge in [0.2, 0.25) is 0 Å². The Morgan fingerprint density at radius 3 is 2.76 bits per heavy atom. The number of hydrogen-bond donors (Lipinski definition) is 1. The fourth-order valence-electron chi connectivity index (χ4n) is 2.39.